The lowest BCUT2D eigenvalue weighted by atomic mass is 9.94. The van der Waals surface area contributed by atoms with Crippen LogP contribution in [0.2, 0.25) is 5.02 Å². The van der Waals surface area contributed by atoms with E-state index in [1.54, 1.807) is 41.3 Å². The predicted molar refractivity (Wildman–Crippen MR) is 145 cm³/mol. The van der Waals surface area contributed by atoms with Gasteiger partial charge in [0, 0.05) is 16.8 Å². The summed E-state index contributed by atoms with van der Waals surface area (Å²) in [6.07, 6.45) is 7.34. The molecular weight excluding hydrogens is 504 g/mol. The molecule has 1 aliphatic carbocycles. The van der Waals surface area contributed by atoms with E-state index in [2.05, 4.69) is 5.32 Å². The Morgan fingerprint density at radius 3 is 2.71 bits per heavy atom. The second-order valence-corrected chi connectivity index (χ2v) is 10.4. The van der Waals surface area contributed by atoms with Crippen molar-refractivity contribution in [3.63, 3.8) is 0 Å². The van der Waals surface area contributed by atoms with Gasteiger partial charge < -0.3 is 14.8 Å². The zero-order valence-electron chi connectivity index (χ0n) is 19.4. The van der Waals surface area contributed by atoms with Gasteiger partial charge >= 0.3 is 0 Å². The second kappa shape index (κ2) is 11.9. The number of halogens is 1. The third-order valence-corrected chi connectivity index (χ3v) is 7.36. The Kier molecular flexibility index (Phi) is 8.70. The van der Waals surface area contributed by atoms with Gasteiger partial charge in [0.05, 0.1) is 11.5 Å². The Hall–Kier alpha value is -2.55. The lowest BCUT2D eigenvalue weighted by molar-refractivity contribution is -0.124. The maximum Gasteiger partial charge on any atom is 0.266 e. The molecule has 9 heteroatoms. The van der Waals surface area contributed by atoms with E-state index in [0.29, 0.717) is 38.0 Å². The molecule has 2 aliphatic rings. The summed E-state index contributed by atoms with van der Waals surface area (Å²) in [5.41, 5.74) is 1.39. The average Bonchev–Trinajstić information content (AvgIpc) is 3.12. The van der Waals surface area contributed by atoms with Crippen LogP contribution in [0, 0.1) is 0 Å². The van der Waals surface area contributed by atoms with E-state index in [1.165, 1.54) is 18.2 Å². The number of ether oxygens (including phenoxy) is 2. The fourth-order valence-electron chi connectivity index (χ4n) is 4.19. The van der Waals surface area contributed by atoms with Crippen molar-refractivity contribution in [2.24, 2.45) is 0 Å². The lowest BCUT2D eigenvalue weighted by Gasteiger charge is -2.29. The van der Waals surface area contributed by atoms with Crippen LogP contribution in [-0.2, 0) is 9.59 Å². The summed E-state index contributed by atoms with van der Waals surface area (Å²) < 4.78 is 12.1. The van der Waals surface area contributed by atoms with Gasteiger partial charge in [-0.1, -0.05) is 67.0 Å². The minimum Gasteiger partial charge on any atom is -0.490 e. The van der Waals surface area contributed by atoms with E-state index in [0.717, 1.165) is 31.2 Å². The van der Waals surface area contributed by atoms with Crippen molar-refractivity contribution in [3.05, 3.63) is 58.0 Å². The van der Waals surface area contributed by atoms with Gasteiger partial charge in [0.2, 0.25) is 0 Å². The molecule has 2 aromatic rings. The van der Waals surface area contributed by atoms with Gasteiger partial charge in [-0.15, -0.1) is 0 Å². The molecule has 0 radical (unpaired) electrons. The maximum absolute atomic E-state index is 13.1. The van der Waals surface area contributed by atoms with Crippen molar-refractivity contribution >= 4 is 63.5 Å². The third-order valence-electron chi connectivity index (χ3n) is 5.80. The predicted octanol–water partition coefficient (Wildman–Crippen LogP) is 6.29. The van der Waals surface area contributed by atoms with E-state index in [9.17, 15) is 9.59 Å². The molecule has 1 heterocycles. The number of rotatable bonds is 8. The van der Waals surface area contributed by atoms with Crippen LogP contribution in [0.3, 0.4) is 0 Å². The highest BCUT2D eigenvalue weighted by atomic mass is 35.5. The summed E-state index contributed by atoms with van der Waals surface area (Å²) in [7, 11) is 0. The smallest absolute Gasteiger partial charge is 0.266 e. The number of thiocarbonyl (C=S) groups is 1. The van der Waals surface area contributed by atoms with Crippen molar-refractivity contribution in [2.75, 3.05) is 18.5 Å². The molecule has 0 unspecified atom stereocenters. The lowest BCUT2D eigenvalue weighted by Crippen LogP contribution is -2.39. The van der Waals surface area contributed by atoms with Gasteiger partial charge in [0.15, 0.2) is 18.1 Å². The van der Waals surface area contributed by atoms with E-state index >= 15 is 0 Å². The second-order valence-electron chi connectivity index (χ2n) is 8.33. The van der Waals surface area contributed by atoms with Crippen LogP contribution >= 0.6 is 35.6 Å². The highest BCUT2D eigenvalue weighted by Crippen LogP contribution is 2.38. The Labute approximate surface area is 220 Å². The Morgan fingerprint density at radius 2 is 1.97 bits per heavy atom. The minimum atomic E-state index is -0.315. The van der Waals surface area contributed by atoms with Crippen LogP contribution in [0.5, 0.6) is 11.5 Å². The number of carbonyl (C=O) groups is 2. The zero-order valence-corrected chi connectivity index (χ0v) is 21.8. The van der Waals surface area contributed by atoms with Gasteiger partial charge in [0.25, 0.3) is 11.8 Å². The maximum atomic E-state index is 13.1. The van der Waals surface area contributed by atoms with Crippen LogP contribution in [0.4, 0.5) is 5.69 Å². The topological polar surface area (TPSA) is 67.9 Å². The fourth-order valence-corrected chi connectivity index (χ4v) is 5.78. The number of anilines is 1. The Morgan fingerprint density at radius 1 is 1.17 bits per heavy atom. The number of nitrogens with one attached hydrogen (secondary N) is 1. The number of amides is 2. The first-order valence-electron chi connectivity index (χ1n) is 11.7. The first-order chi connectivity index (χ1) is 16.9. The molecule has 1 saturated heterocycles. The molecule has 184 valence electrons. The van der Waals surface area contributed by atoms with Crippen LogP contribution in [0.15, 0.2) is 47.4 Å². The number of hydrogen-bond acceptors (Lipinski definition) is 6. The average molecular weight is 531 g/mol. The third kappa shape index (κ3) is 6.57. The van der Waals surface area contributed by atoms with Crippen molar-refractivity contribution in [1.29, 1.82) is 0 Å². The molecule has 0 atom stereocenters. The minimum absolute atomic E-state index is 0.0251. The summed E-state index contributed by atoms with van der Waals surface area (Å²) in [5, 5.41) is 3.28. The Balaban J connectivity index is 1.44. The zero-order chi connectivity index (χ0) is 24.8. The van der Waals surface area contributed by atoms with Crippen molar-refractivity contribution in [3.8, 4) is 11.5 Å². The van der Waals surface area contributed by atoms with Crippen molar-refractivity contribution in [2.45, 2.75) is 45.1 Å². The standard InChI is InChI=1S/C26H27ClN2O4S2/c1-2-32-22-13-17(14-23-25(31)29(26(34)35-23)20-9-4-3-5-10-20)11-12-21(22)33-16-24(30)28-19-8-6-7-18(27)15-19/h6-8,11-15,20H,2-5,9-10,16H2,1H3,(H,28,30). The van der Waals surface area contributed by atoms with E-state index in [4.69, 9.17) is 33.3 Å². The fraction of sp³-hybridized carbons (Fsp3) is 0.346. The molecule has 1 saturated carbocycles. The number of nitrogens with zero attached hydrogens (tertiary/aromatic N) is 1. The van der Waals surface area contributed by atoms with Crippen LogP contribution in [0.1, 0.15) is 44.6 Å². The normalized spacial score (nSPS) is 17.7. The molecular formula is C26H27ClN2O4S2. The van der Waals surface area contributed by atoms with Gasteiger partial charge in [-0.3, -0.25) is 14.5 Å². The molecule has 4 rings (SSSR count). The molecule has 1 aliphatic heterocycles. The largest absolute Gasteiger partial charge is 0.490 e. The summed E-state index contributed by atoms with van der Waals surface area (Å²) >= 11 is 12.8. The number of hydrogen-bond donors (Lipinski definition) is 1. The molecule has 6 nitrogen and oxygen atoms in total. The monoisotopic (exact) mass is 530 g/mol. The highest BCUT2D eigenvalue weighted by molar-refractivity contribution is 8.26. The first kappa shape index (κ1) is 25.5. The van der Waals surface area contributed by atoms with E-state index in [1.807, 2.05) is 19.1 Å². The molecule has 0 spiro atoms. The Bertz CT molecular complexity index is 1150. The van der Waals surface area contributed by atoms with Crippen molar-refractivity contribution < 1.29 is 19.1 Å². The van der Waals surface area contributed by atoms with Gasteiger partial charge in [-0.25, -0.2) is 0 Å². The van der Waals surface area contributed by atoms with Crippen LogP contribution in [0.25, 0.3) is 6.08 Å². The molecule has 2 amide bonds. The van der Waals surface area contributed by atoms with Crippen LogP contribution < -0.4 is 14.8 Å². The number of benzene rings is 2. The summed E-state index contributed by atoms with van der Waals surface area (Å²) in [6, 6.07) is 12.5. The summed E-state index contributed by atoms with van der Waals surface area (Å²) in [4.78, 5) is 27.8. The summed E-state index contributed by atoms with van der Waals surface area (Å²) in [5.74, 6) is 0.604. The van der Waals surface area contributed by atoms with Gasteiger partial charge in [-0.2, -0.15) is 0 Å². The van der Waals surface area contributed by atoms with Crippen molar-refractivity contribution in [1.82, 2.24) is 4.90 Å². The molecule has 0 bridgehead atoms. The molecule has 35 heavy (non-hydrogen) atoms. The number of thioether (sulfide) groups is 1. The number of carbonyl (C=O) groups excluding carboxylic acids is 2. The molecule has 1 N–H and O–H groups in total. The van der Waals surface area contributed by atoms with E-state index < -0.39 is 0 Å². The quantitative estimate of drug-likeness (QED) is 0.319. The molecule has 2 aromatic carbocycles. The van der Waals surface area contributed by atoms with Crippen LogP contribution in [-0.4, -0.2) is 40.3 Å². The summed E-state index contributed by atoms with van der Waals surface area (Å²) in [6.45, 7) is 2.11. The SMILES string of the molecule is CCOc1cc(C=C2SC(=S)N(C3CCCCC3)C2=O)ccc1OCC(=O)Nc1cccc(Cl)c1. The van der Waals surface area contributed by atoms with Gasteiger partial charge in [0.1, 0.15) is 4.32 Å². The first-order valence-corrected chi connectivity index (χ1v) is 13.3. The van der Waals surface area contributed by atoms with E-state index in [-0.39, 0.29) is 24.5 Å². The van der Waals surface area contributed by atoms with Gasteiger partial charge in [-0.05, 0) is 61.7 Å². The molecule has 2 fully saturated rings. The highest BCUT2D eigenvalue weighted by Gasteiger charge is 2.37. The molecule has 0 aromatic heterocycles.